The van der Waals surface area contributed by atoms with Gasteiger partial charge in [0.1, 0.15) is 37.6 Å². The molecule has 0 spiro atoms. The molecule has 1 aromatic carbocycles. The highest BCUT2D eigenvalue weighted by molar-refractivity contribution is 5.68. The first-order valence-electron chi connectivity index (χ1n) is 14.0. The van der Waals surface area contributed by atoms with E-state index in [1.54, 1.807) is 0 Å². The van der Waals surface area contributed by atoms with Crippen LogP contribution in [-0.2, 0) is 54.0 Å². The van der Waals surface area contributed by atoms with Crippen molar-refractivity contribution in [2.75, 3.05) is 72.6 Å². The van der Waals surface area contributed by atoms with Crippen LogP contribution in [0.25, 0.3) is 0 Å². The summed E-state index contributed by atoms with van der Waals surface area (Å²) in [7, 11) is 0. The molecule has 1 fully saturated rings. The van der Waals surface area contributed by atoms with Crippen molar-refractivity contribution in [3.63, 3.8) is 0 Å². The summed E-state index contributed by atoms with van der Waals surface area (Å²) in [5.74, 6) is -1.18. The monoisotopic (exact) mass is 587 g/mol. The Morgan fingerprint density at radius 3 is 1.90 bits per heavy atom. The van der Waals surface area contributed by atoms with Gasteiger partial charge in [-0.3, -0.25) is 0 Å². The minimum Gasteiger partial charge on any atom is -0.480 e. The molecule has 1 aliphatic rings. The number of amides is 1. The Bertz CT molecular complexity index is 830. The van der Waals surface area contributed by atoms with Crippen LogP contribution in [0.4, 0.5) is 4.79 Å². The highest BCUT2D eigenvalue weighted by atomic mass is 16.7. The van der Waals surface area contributed by atoms with Crippen molar-refractivity contribution in [2.45, 2.75) is 58.1 Å². The van der Waals surface area contributed by atoms with Gasteiger partial charge in [-0.2, -0.15) is 0 Å². The smallest absolute Gasteiger partial charge is 0.407 e. The Balaban J connectivity index is 2.20. The number of carbonyl (C=O) groups is 2. The normalized spacial score (nSPS) is 22.4. The fourth-order valence-electron chi connectivity index (χ4n) is 4.02. The Kier molecular flexibility index (Phi) is 18.1. The molecule has 0 radical (unpaired) electrons. The molecule has 1 unspecified atom stereocenters. The van der Waals surface area contributed by atoms with E-state index in [9.17, 15) is 14.7 Å². The molecule has 0 aromatic heterocycles. The van der Waals surface area contributed by atoms with E-state index in [0.717, 1.165) is 5.56 Å². The minimum absolute atomic E-state index is 0.0309. The topological polar surface area (TPSA) is 149 Å². The van der Waals surface area contributed by atoms with Crippen LogP contribution >= 0.6 is 0 Å². The van der Waals surface area contributed by atoms with E-state index >= 15 is 0 Å². The molecule has 41 heavy (non-hydrogen) atoms. The first-order valence-corrected chi connectivity index (χ1v) is 14.0. The second-order valence-corrected chi connectivity index (χ2v) is 8.79. The van der Waals surface area contributed by atoms with Gasteiger partial charge in [0.15, 0.2) is 6.29 Å². The molecule has 234 valence electrons. The second-order valence-electron chi connectivity index (χ2n) is 8.79. The van der Waals surface area contributed by atoms with Gasteiger partial charge < -0.3 is 53.1 Å². The number of carboxylic acid groups (broad SMARTS) is 1. The van der Waals surface area contributed by atoms with Crippen molar-refractivity contribution in [3.8, 4) is 0 Å². The number of carboxylic acids is 1. The number of aliphatic carboxylic acids is 1. The average Bonchev–Trinajstić information content (AvgIpc) is 2.98. The largest absolute Gasteiger partial charge is 0.480 e. The lowest BCUT2D eigenvalue weighted by atomic mass is 9.97. The van der Waals surface area contributed by atoms with Gasteiger partial charge in [0, 0.05) is 26.4 Å². The SMILES string of the molecule is CCOCCO[C@H]1[C@H](OCCOCC)[C@@H](OCCOCC)C(OCC(=O)O)O[C@@H]1CNC(=O)OCc1ccccc1. The second kappa shape index (κ2) is 21.4. The number of carbonyl (C=O) groups excluding carboxylic acids is 1. The number of ether oxygens (including phenoxy) is 9. The highest BCUT2D eigenvalue weighted by Gasteiger charge is 2.49. The molecule has 0 saturated carbocycles. The van der Waals surface area contributed by atoms with Gasteiger partial charge in [-0.25, -0.2) is 9.59 Å². The predicted molar refractivity (Wildman–Crippen MR) is 146 cm³/mol. The molecule has 0 bridgehead atoms. The number of nitrogens with one attached hydrogen (secondary N) is 1. The van der Waals surface area contributed by atoms with Crippen LogP contribution in [0.15, 0.2) is 30.3 Å². The number of alkyl carbamates (subject to hydrolysis) is 1. The van der Waals surface area contributed by atoms with Crippen LogP contribution in [0.1, 0.15) is 26.3 Å². The van der Waals surface area contributed by atoms with E-state index in [-0.39, 0.29) is 33.0 Å². The summed E-state index contributed by atoms with van der Waals surface area (Å²) in [6.07, 6.45) is -4.97. The summed E-state index contributed by atoms with van der Waals surface area (Å²) < 4.78 is 51.7. The molecule has 1 aliphatic heterocycles. The maximum Gasteiger partial charge on any atom is 0.407 e. The fourth-order valence-corrected chi connectivity index (χ4v) is 4.02. The van der Waals surface area contributed by atoms with Crippen molar-refractivity contribution in [1.82, 2.24) is 5.32 Å². The quantitative estimate of drug-likeness (QED) is 0.191. The lowest BCUT2D eigenvalue weighted by Gasteiger charge is -2.45. The summed E-state index contributed by atoms with van der Waals surface area (Å²) in [4.78, 5) is 23.8. The van der Waals surface area contributed by atoms with E-state index in [1.165, 1.54) is 0 Å². The van der Waals surface area contributed by atoms with Gasteiger partial charge in [0.25, 0.3) is 0 Å². The summed E-state index contributed by atoms with van der Waals surface area (Å²) in [5, 5.41) is 12.0. The zero-order valence-corrected chi connectivity index (χ0v) is 24.2. The van der Waals surface area contributed by atoms with E-state index < -0.39 is 49.4 Å². The number of hydrogen-bond donors (Lipinski definition) is 2. The fraction of sp³-hybridized carbons (Fsp3) is 0.714. The van der Waals surface area contributed by atoms with Crippen molar-refractivity contribution >= 4 is 12.1 Å². The van der Waals surface area contributed by atoms with E-state index in [1.807, 2.05) is 51.1 Å². The zero-order valence-electron chi connectivity index (χ0n) is 24.2. The summed E-state index contributed by atoms with van der Waals surface area (Å²) in [6, 6.07) is 9.28. The number of hydrogen-bond acceptors (Lipinski definition) is 11. The third kappa shape index (κ3) is 13.9. The zero-order chi connectivity index (χ0) is 29.7. The van der Waals surface area contributed by atoms with Crippen LogP contribution < -0.4 is 5.32 Å². The van der Waals surface area contributed by atoms with Crippen molar-refractivity contribution < 1.29 is 57.3 Å². The molecule has 13 nitrogen and oxygen atoms in total. The molecule has 1 heterocycles. The van der Waals surface area contributed by atoms with Crippen molar-refractivity contribution in [2.24, 2.45) is 0 Å². The number of benzene rings is 1. The van der Waals surface area contributed by atoms with Crippen LogP contribution in [0, 0.1) is 0 Å². The molecule has 2 N–H and O–H groups in total. The van der Waals surface area contributed by atoms with Gasteiger partial charge >= 0.3 is 12.1 Å². The standard InChI is InChI=1S/C28H45NO12/c1-4-33-12-15-36-24-22(18-29-28(32)40-19-21-10-8-7-9-11-21)41-27(39-20-23(30)31)26(38-17-14-35-6-3)25(24)37-16-13-34-5-2/h7-11,22,24-27H,4-6,12-20H2,1-3H3,(H,29,32)(H,30,31)/t22-,24-,25+,26-,27?/m1/s1. The minimum atomic E-state index is -1.18. The molecular formula is C28H45NO12. The summed E-state index contributed by atoms with van der Waals surface area (Å²) in [5.41, 5.74) is 0.839. The van der Waals surface area contributed by atoms with E-state index in [2.05, 4.69) is 5.32 Å². The molecule has 13 heteroatoms. The lowest BCUT2D eigenvalue weighted by molar-refractivity contribution is -0.318. The maximum absolute atomic E-state index is 12.5. The molecule has 0 aliphatic carbocycles. The van der Waals surface area contributed by atoms with Gasteiger partial charge in [0.05, 0.1) is 39.6 Å². The molecule has 1 aromatic rings. The molecular weight excluding hydrogens is 542 g/mol. The van der Waals surface area contributed by atoms with Crippen molar-refractivity contribution in [1.29, 1.82) is 0 Å². The van der Waals surface area contributed by atoms with Gasteiger partial charge in [0.2, 0.25) is 0 Å². The third-order valence-corrected chi connectivity index (χ3v) is 5.85. The Hall–Kier alpha value is -2.36. The Morgan fingerprint density at radius 2 is 1.34 bits per heavy atom. The van der Waals surface area contributed by atoms with Crippen LogP contribution in [-0.4, -0.2) is 120 Å². The molecule has 5 atom stereocenters. The lowest BCUT2D eigenvalue weighted by Crippen LogP contribution is -2.63. The van der Waals surface area contributed by atoms with Gasteiger partial charge in [-0.05, 0) is 26.3 Å². The van der Waals surface area contributed by atoms with Crippen LogP contribution in [0.2, 0.25) is 0 Å². The van der Waals surface area contributed by atoms with Gasteiger partial charge in [-0.1, -0.05) is 30.3 Å². The van der Waals surface area contributed by atoms with Crippen LogP contribution in [0.5, 0.6) is 0 Å². The van der Waals surface area contributed by atoms with Gasteiger partial charge in [-0.15, -0.1) is 0 Å². The van der Waals surface area contributed by atoms with E-state index in [0.29, 0.717) is 39.6 Å². The van der Waals surface area contributed by atoms with Crippen molar-refractivity contribution in [3.05, 3.63) is 35.9 Å². The average molecular weight is 588 g/mol. The maximum atomic E-state index is 12.5. The Labute approximate surface area is 241 Å². The first kappa shape index (κ1) is 34.8. The summed E-state index contributed by atoms with van der Waals surface area (Å²) in [6.45, 7) is 8.16. The summed E-state index contributed by atoms with van der Waals surface area (Å²) >= 11 is 0. The highest BCUT2D eigenvalue weighted by Crippen LogP contribution is 2.29. The molecule has 1 amide bonds. The van der Waals surface area contributed by atoms with Crippen LogP contribution in [0.3, 0.4) is 0 Å². The molecule has 1 saturated heterocycles. The Morgan fingerprint density at radius 1 is 0.780 bits per heavy atom. The first-order chi connectivity index (χ1) is 20.0. The number of rotatable bonds is 22. The van der Waals surface area contributed by atoms with E-state index in [4.69, 9.17) is 42.6 Å². The predicted octanol–water partition coefficient (Wildman–Crippen LogP) is 2.00. The molecule has 2 rings (SSSR count). The third-order valence-electron chi connectivity index (χ3n) is 5.85.